The van der Waals surface area contributed by atoms with Crippen LogP contribution in [-0.2, 0) is 24.4 Å². The molecule has 7 atom stereocenters. The van der Waals surface area contributed by atoms with Crippen molar-refractivity contribution in [1.82, 2.24) is 25.2 Å². The van der Waals surface area contributed by atoms with Crippen molar-refractivity contribution in [2.24, 2.45) is 17.8 Å². The Kier molecular flexibility index (Phi) is 10.2. The fraction of sp³-hybridized carbons (Fsp3) is 0.583. The monoisotopic (exact) mass is 743 g/mol. The number of nitrogens with zero attached hydrogens (tertiary/aromatic N) is 2. The Morgan fingerprint density at radius 2 is 1.96 bits per heavy atom. The molecule has 4 N–H and O–H groups in total. The standard InChI is InChI=1S/C36H46FN5O9S/c1-5-21-14-20(2)8-6-7-9-23-18-36(23,33(45)41-52(48,49)35(3)11-12-35)40-30(43)27-16-24(19-42(27)32(44)29(21)39-34(46)47)51-31-25-17-26(37)28(50-4)15-22(25)10-13-38-31/h7,9-10,13,15,17,20-21,23-24,27,29,39H,5-6,8,11-12,14,16,18-19H2,1-4H3,(H,40,43)(H,41,45)(H,46,47)/b9-7-/t20-,21-,23?,24-,27+,29+,36-/m1/s1. The Bertz CT molecular complexity index is 1900. The number of halogens is 1. The molecule has 3 fully saturated rings. The maximum atomic E-state index is 14.8. The number of amides is 4. The molecule has 0 radical (unpaired) electrons. The number of ether oxygens (including phenoxy) is 2. The summed E-state index contributed by atoms with van der Waals surface area (Å²) in [6.45, 7) is 5.32. The highest BCUT2D eigenvalue weighted by atomic mass is 32.2. The van der Waals surface area contributed by atoms with E-state index in [-0.39, 0.29) is 36.9 Å². The van der Waals surface area contributed by atoms with Gasteiger partial charge in [-0.25, -0.2) is 22.6 Å². The Balaban J connectivity index is 1.35. The number of methoxy groups -OCH3 is 1. The van der Waals surface area contributed by atoms with Crippen LogP contribution in [0.2, 0.25) is 0 Å². The first-order valence-electron chi connectivity index (χ1n) is 17.8. The van der Waals surface area contributed by atoms with Crippen molar-refractivity contribution in [2.75, 3.05) is 13.7 Å². The van der Waals surface area contributed by atoms with Gasteiger partial charge in [-0.05, 0) is 80.9 Å². The van der Waals surface area contributed by atoms with Crippen LogP contribution >= 0.6 is 0 Å². The molecule has 14 nitrogen and oxygen atoms in total. The van der Waals surface area contributed by atoms with Gasteiger partial charge >= 0.3 is 6.09 Å². The first kappa shape index (κ1) is 37.3. The van der Waals surface area contributed by atoms with E-state index in [9.17, 15) is 37.1 Å². The van der Waals surface area contributed by atoms with Crippen LogP contribution in [0.4, 0.5) is 9.18 Å². The van der Waals surface area contributed by atoms with Gasteiger partial charge in [-0.1, -0.05) is 32.4 Å². The summed E-state index contributed by atoms with van der Waals surface area (Å²) >= 11 is 0. The molecule has 0 bridgehead atoms. The molecule has 1 aromatic heterocycles. The van der Waals surface area contributed by atoms with E-state index in [1.807, 2.05) is 26.0 Å². The lowest BCUT2D eigenvalue weighted by Crippen LogP contribution is -2.59. The number of nitrogens with one attached hydrogen (secondary N) is 3. The van der Waals surface area contributed by atoms with Crippen LogP contribution in [0.1, 0.15) is 72.1 Å². The van der Waals surface area contributed by atoms with Crippen molar-refractivity contribution in [3.63, 3.8) is 0 Å². The van der Waals surface area contributed by atoms with Gasteiger partial charge < -0.3 is 30.1 Å². The van der Waals surface area contributed by atoms with Crippen LogP contribution in [0.3, 0.4) is 0 Å². The molecule has 1 saturated heterocycles. The van der Waals surface area contributed by atoms with Gasteiger partial charge in [-0.3, -0.25) is 19.1 Å². The molecule has 6 rings (SSSR count). The smallest absolute Gasteiger partial charge is 0.405 e. The molecule has 2 aliphatic carbocycles. The third-order valence-corrected chi connectivity index (χ3v) is 13.3. The molecule has 3 heterocycles. The number of carboxylic acid groups (broad SMARTS) is 1. The van der Waals surface area contributed by atoms with E-state index < -0.39 is 80.0 Å². The molecule has 4 amide bonds. The number of sulfonamides is 1. The lowest BCUT2D eigenvalue weighted by molar-refractivity contribution is -0.142. The molecular formula is C36H46FN5O9S. The first-order valence-corrected chi connectivity index (χ1v) is 19.2. The first-order chi connectivity index (χ1) is 24.6. The highest BCUT2D eigenvalue weighted by Crippen LogP contribution is 2.47. The number of carbonyl (C=O) groups excluding carboxylic acids is 3. The summed E-state index contributed by atoms with van der Waals surface area (Å²) < 4.78 is 53.5. The molecule has 1 unspecified atom stereocenters. The second kappa shape index (κ2) is 14.2. The number of aromatic nitrogens is 1. The zero-order chi connectivity index (χ0) is 37.6. The van der Waals surface area contributed by atoms with Gasteiger partial charge in [0.25, 0.3) is 5.91 Å². The number of carbonyl (C=O) groups is 4. The highest BCUT2D eigenvalue weighted by molar-refractivity contribution is 7.91. The summed E-state index contributed by atoms with van der Waals surface area (Å²) in [5.74, 6) is -3.53. The molecule has 2 aliphatic heterocycles. The fourth-order valence-corrected chi connectivity index (χ4v) is 8.82. The second-order valence-electron chi connectivity index (χ2n) is 14.9. The SMILES string of the molecule is CC[C@@H]1C[C@H](C)CC/C=C\C2C[C@@]2(C(=O)NS(=O)(=O)C2(C)CC2)NC(=O)[C@@H]2C[C@@H](Oc3nccc4cc(OC)c(F)cc34)CN2C(=O)[C@H]1NC(=O)O. The van der Waals surface area contributed by atoms with Gasteiger partial charge in [0.05, 0.1) is 18.4 Å². The molecule has 2 saturated carbocycles. The lowest BCUT2D eigenvalue weighted by Gasteiger charge is -2.33. The number of fused-ring (bicyclic) bond motifs is 3. The van der Waals surface area contributed by atoms with Crippen LogP contribution in [0.25, 0.3) is 10.8 Å². The molecule has 0 spiro atoms. The predicted octanol–water partition coefficient (Wildman–Crippen LogP) is 3.64. The molecule has 4 aliphatic rings. The minimum Gasteiger partial charge on any atom is -0.494 e. The van der Waals surface area contributed by atoms with Gasteiger partial charge in [0, 0.05) is 23.9 Å². The van der Waals surface area contributed by atoms with Crippen molar-refractivity contribution < 1.29 is 46.6 Å². The number of allylic oxidation sites excluding steroid dienone is 1. The number of hydrogen-bond donors (Lipinski definition) is 4. The topological polar surface area (TPSA) is 193 Å². The van der Waals surface area contributed by atoms with Crippen LogP contribution in [0.5, 0.6) is 11.6 Å². The molecule has 2 aromatic rings. The normalized spacial score (nSPS) is 30.8. The summed E-state index contributed by atoms with van der Waals surface area (Å²) in [5, 5.41) is 16.0. The average Bonchev–Trinajstić information content (AvgIpc) is 3.97. The van der Waals surface area contributed by atoms with Crippen molar-refractivity contribution in [3.05, 3.63) is 42.4 Å². The lowest BCUT2D eigenvalue weighted by atomic mass is 9.85. The summed E-state index contributed by atoms with van der Waals surface area (Å²) in [4.78, 5) is 60.2. The Hall–Kier alpha value is -4.47. The molecule has 282 valence electrons. The molecular weight excluding hydrogens is 697 g/mol. The van der Waals surface area contributed by atoms with E-state index in [1.54, 1.807) is 13.0 Å². The van der Waals surface area contributed by atoms with E-state index in [0.29, 0.717) is 42.9 Å². The van der Waals surface area contributed by atoms with Gasteiger partial charge in [0.2, 0.25) is 27.7 Å². The minimum absolute atomic E-state index is 0.0284. The van der Waals surface area contributed by atoms with Crippen molar-refractivity contribution in [2.45, 2.75) is 101 Å². The van der Waals surface area contributed by atoms with Crippen molar-refractivity contribution in [3.8, 4) is 11.6 Å². The summed E-state index contributed by atoms with van der Waals surface area (Å²) in [7, 11) is -2.68. The van der Waals surface area contributed by atoms with Gasteiger partial charge in [-0.2, -0.15) is 0 Å². The summed E-state index contributed by atoms with van der Waals surface area (Å²) in [5.41, 5.74) is -1.58. The van der Waals surface area contributed by atoms with Crippen LogP contribution in [-0.4, -0.2) is 89.4 Å². The molecule has 1 aromatic carbocycles. The fourth-order valence-electron chi connectivity index (χ4n) is 7.50. The van der Waals surface area contributed by atoms with E-state index >= 15 is 0 Å². The van der Waals surface area contributed by atoms with Crippen LogP contribution in [0.15, 0.2) is 36.5 Å². The molecule has 52 heavy (non-hydrogen) atoms. The van der Waals surface area contributed by atoms with E-state index in [4.69, 9.17) is 9.47 Å². The molecule has 16 heteroatoms. The minimum atomic E-state index is -4.03. The maximum Gasteiger partial charge on any atom is 0.405 e. The van der Waals surface area contributed by atoms with E-state index in [0.717, 1.165) is 6.42 Å². The largest absolute Gasteiger partial charge is 0.494 e. The van der Waals surface area contributed by atoms with E-state index in [2.05, 4.69) is 20.3 Å². The third-order valence-electron chi connectivity index (χ3n) is 11.2. The zero-order valence-electron chi connectivity index (χ0n) is 29.7. The van der Waals surface area contributed by atoms with E-state index in [1.165, 1.54) is 30.3 Å². The Labute approximate surface area is 301 Å². The van der Waals surface area contributed by atoms with Gasteiger partial charge in [0.15, 0.2) is 11.6 Å². The number of pyridine rings is 1. The van der Waals surface area contributed by atoms with Crippen LogP contribution in [0, 0.1) is 23.6 Å². The van der Waals surface area contributed by atoms with Crippen molar-refractivity contribution in [1.29, 1.82) is 0 Å². The number of hydrogen-bond acceptors (Lipinski definition) is 9. The quantitative estimate of drug-likeness (QED) is 0.290. The Morgan fingerprint density at radius 1 is 1.21 bits per heavy atom. The highest BCUT2D eigenvalue weighted by Gasteiger charge is 2.63. The summed E-state index contributed by atoms with van der Waals surface area (Å²) in [6, 6.07) is 1.96. The van der Waals surface area contributed by atoms with Gasteiger partial charge in [0.1, 0.15) is 23.7 Å². The predicted molar refractivity (Wildman–Crippen MR) is 187 cm³/mol. The zero-order valence-corrected chi connectivity index (χ0v) is 30.5. The summed E-state index contributed by atoms with van der Waals surface area (Å²) in [6.07, 6.45) is 6.25. The second-order valence-corrected chi connectivity index (χ2v) is 17.1. The third kappa shape index (κ3) is 7.26. The number of benzene rings is 1. The van der Waals surface area contributed by atoms with Gasteiger partial charge in [-0.15, -0.1) is 0 Å². The Morgan fingerprint density at radius 3 is 2.63 bits per heavy atom. The average molecular weight is 744 g/mol. The van der Waals surface area contributed by atoms with Crippen LogP contribution < -0.4 is 24.8 Å². The number of rotatable bonds is 8. The van der Waals surface area contributed by atoms with Crippen molar-refractivity contribution >= 4 is 44.6 Å². The maximum absolute atomic E-state index is 14.8.